The molecule has 0 spiro atoms. The predicted octanol–water partition coefficient (Wildman–Crippen LogP) is 6.48. The van der Waals surface area contributed by atoms with Crippen molar-refractivity contribution in [1.29, 1.82) is 0 Å². The smallest absolute Gasteiger partial charge is 0.0173 e. The monoisotopic (exact) mass is 296 g/mol. The SMILES string of the molecule is C=C(C#CCC1CCC=CCC1(C)C)/C=C\C=C(\C)C(C)C. The van der Waals surface area contributed by atoms with Crippen LogP contribution in [0, 0.1) is 29.1 Å². The molecule has 0 radical (unpaired) electrons. The third-order valence-electron chi connectivity index (χ3n) is 4.76. The Bertz CT molecular complexity index is 512. The van der Waals surface area contributed by atoms with Gasteiger partial charge in [0.2, 0.25) is 0 Å². The van der Waals surface area contributed by atoms with Crippen LogP contribution in [0.3, 0.4) is 0 Å². The zero-order chi connectivity index (χ0) is 16.6. The van der Waals surface area contributed by atoms with Gasteiger partial charge in [-0.2, -0.15) is 0 Å². The molecule has 0 bridgehead atoms. The van der Waals surface area contributed by atoms with Gasteiger partial charge in [0.25, 0.3) is 0 Å². The summed E-state index contributed by atoms with van der Waals surface area (Å²) in [6.07, 6.45) is 15.5. The summed E-state index contributed by atoms with van der Waals surface area (Å²) < 4.78 is 0. The van der Waals surface area contributed by atoms with Crippen LogP contribution in [-0.2, 0) is 0 Å². The second-order valence-electron chi connectivity index (χ2n) is 7.39. The van der Waals surface area contributed by atoms with Crippen LogP contribution in [0.1, 0.15) is 60.3 Å². The average Bonchev–Trinajstić information content (AvgIpc) is 2.60. The Hall–Kier alpha value is -1.48. The molecule has 0 aromatic heterocycles. The molecule has 0 saturated carbocycles. The van der Waals surface area contributed by atoms with Crippen LogP contribution >= 0.6 is 0 Å². The van der Waals surface area contributed by atoms with Crippen LogP contribution in [-0.4, -0.2) is 0 Å². The van der Waals surface area contributed by atoms with E-state index in [4.69, 9.17) is 0 Å². The van der Waals surface area contributed by atoms with Crippen molar-refractivity contribution in [2.24, 2.45) is 17.3 Å². The highest BCUT2D eigenvalue weighted by molar-refractivity contribution is 5.37. The topological polar surface area (TPSA) is 0 Å². The third-order valence-corrected chi connectivity index (χ3v) is 4.76. The van der Waals surface area contributed by atoms with Crippen LogP contribution in [0.5, 0.6) is 0 Å². The molecule has 22 heavy (non-hydrogen) atoms. The molecular weight excluding hydrogens is 264 g/mol. The molecule has 0 aliphatic heterocycles. The minimum absolute atomic E-state index is 0.357. The third kappa shape index (κ3) is 6.52. The van der Waals surface area contributed by atoms with Gasteiger partial charge < -0.3 is 0 Å². The molecule has 0 amide bonds. The number of hydrogen-bond acceptors (Lipinski definition) is 0. The van der Waals surface area contributed by atoms with Crippen molar-refractivity contribution in [2.45, 2.75) is 60.3 Å². The van der Waals surface area contributed by atoms with Crippen molar-refractivity contribution >= 4 is 0 Å². The van der Waals surface area contributed by atoms with E-state index in [1.165, 1.54) is 24.8 Å². The van der Waals surface area contributed by atoms with Crippen molar-refractivity contribution < 1.29 is 0 Å². The molecule has 1 atom stereocenters. The van der Waals surface area contributed by atoms with Crippen LogP contribution in [0.2, 0.25) is 0 Å². The van der Waals surface area contributed by atoms with Crippen LogP contribution < -0.4 is 0 Å². The van der Waals surface area contributed by atoms with E-state index in [2.05, 4.69) is 77.3 Å². The van der Waals surface area contributed by atoms with Crippen LogP contribution in [0.15, 0.2) is 48.1 Å². The van der Waals surface area contributed by atoms with Crippen molar-refractivity contribution in [3.8, 4) is 11.8 Å². The number of rotatable bonds is 4. The van der Waals surface area contributed by atoms with Gasteiger partial charge in [-0.1, -0.05) is 76.0 Å². The molecule has 0 aromatic rings. The molecule has 0 heteroatoms. The highest BCUT2D eigenvalue weighted by Crippen LogP contribution is 2.38. The second-order valence-corrected chi connectivity index (χ2v) is 7.39. The summed E-state index contributed by atoms with van der Waals surface area (Å²) >= 11 is 0. The highest BCUT2D eigenvalue weighted by atomic mass is 14.3. The molecule has 0 saturated heterocycles. The first-order valence-electron chi connectivity index (χ1n) is 8.50. The molecular formula is C22H32. The largest absolute Gasteiger partial charge is 0.0976 e. The van der Waals surface area contributed by atoms with Gasteiger partial charge in [0.1, 0.15) is 0 Å². The van der Waals surface area contributed by atoms with Crippen molar-refractivity contribution in [3.05, 3.63) is 48.1 Å². The second kappa shape index (κ2) is 8.84. The molecule has 1 aliphatic carbocycles. The first-order chi connectivity index (χ1) is 10.3. The minimum Gasteiger partial charge on any atom is -0.0976 e. The van der Waals surface area contributed by atoms with E-state index in [1.807, 2.05) is 6.08 Å². The Kier molecular flexibility index (Phi) is 7.46. The normalized spacial score (nSPS) is 21.5. The minimum atomic E-state index is 0.357. The fourth-order valence-electron chi connectivity index (χ4n) is 2.58. The molecule has 120 valence electrons. The van der Waals surface area contributed by atoms with E-state index >= 15 is 0 Å². The molecule has 1 unspecified atom stereocenters. The van der Waals surface area contributed by atoms with Gasteiger partial charge in [-0.25, -0.2) is 0 Å². The standard InChI is InChI=1S/C22H32/c1-18(2)20(4)14-10-12-19(3)13-11-16-21-15-8-7-9-17-22(21,5)6/h7,9-10,12,14,18,21H,3,8,15-17H2,1-2,4-6H3/b12-10-,20-14-. The van der Waals surface area contributed by atoms with Gasteiger partial charge in [0, 0.05) is 12.0 Å². The number of allylic oxidation sites excluding steroid dienone is 7. The summed E-state index contributed by atoms with van der Waals surface area (Å²) in [5.41, 5.74) is 2.64. The van der Waals surface area contributed by atoms with Crippen molar-refractivity contribution in [3.63, 3.8) is 0 Å². The molecule has 0 nitrogen and oxygen atoms in total. The zero-order valence-electron chi connectivity index (χ0n) is 15.1. The van der Waals surface area contributed by atoms with Crippen LogP contribution in [0.25, 0.3) is 0 Å². The summed E-state index contributed by atoms with van der Waals surface area (Å²) in [6.45, 7) is 15.3. The van der Waals surface area contributed by atoms with Gasteiger partial charge in [-0.05, 0) is 49.5 Å². The Morgan fingerprint density at radius 3 is 2.77 bits per heavy atom. The maximum Gasteiger partial charge on any atom is 0.0173 e. The summed E-state index contributed by atoms with van der Waals surface area (Å²) in [7, 11) is 0. The Balaban J connectivity index is 2.54. The lowest BCUT2D eigenvalue weighted by Crippen LogP contribution is -2.22. The van der Waals surface area contributed by atoms with Crippen molar-refractivity contribution in [2.75, 3.05) is 0 Å². The van der Waals surface area contributed by atoms with Gasteiger partial charge in [0.05, 0.1) is 0 Å². The lowest BCUT2D eigenvalue weighted by molar-refractivity contribution is 0.212. The molecule has 1 rings (SSSR count). The van der Waals surface area contributed by atoms with E-state index in [0.29, 0.717) is 17.3 Å². The maximum atomic E-state index is 4.03. The van der Waals surface area contributed by atoms with E-state index in [1.54, 1.807) is 0 Å². The van der Waals surface area contributed by atoms with E-state index < -0.39 is 0 Å². The molecule has 1 aliphatic rings. The van der Waals surface area contributed by atoms with Crippen LogP contribution in [0.4, 0.5) is 0 Å². The zero-order valence-corrected chi connectivity index (χ0v) is 15.1. The Morgan fingerprint density at radius 2 is 2.09 bits per heavy atom. The van der Waals surface area contributed by atoms with Gasteiger partial charge in [0.15, 0.2) is 0 Å². The highest BCUT2D eigenvalue weighted by Gasteiger charge is 2.28. The van der Waals surface area contributed by atoms with E-state index in [0.717, 1.165) is 12.0 Å². The van der Waals surface area contributed by atoms with Gasteiger partial charge in [-0.3, -0.25) is 0 Å². The van der Waals surface area contributed by atoms with Gasteiger partial charge in [-0.15, -0.1) is 0 Å². The fraction of sp³-hybridized carbons (Fsp3) is 0.545. The maximum absolute atomic E-state index is 4.03. The molecule has 0 fully saturated rings. The van der Waals surface area contributed by atoms with Gasteiger partial charge >= 0.3 is 0 Å². The van der Waals surface area contributed by atoms with Crippen molar-refractivity contribution in [1.82, 2.24) is 0 Å². The van der Waals surface area contributed by atoms with E-state index in [-0.39, 0.29) is 0 Å². The average molecular weight is 296 g/mol. The molecule has 0 N–H and O–H groups in total. The first-order valence-corrected chi connectivity index (χ1v) is 8.50. The quantitative estimate of drug-likeness (QED) is 0.316. The first kappa shape index (κ1) is 18.6. The Labute approximate surface area is 138 Å². The lowest BCUT2D eigenvalue weighted by Gasteiger charge is -2.31. The summed E-state index contributed by atoms with van der Waals surface area (Å²) in [4.78, 5) is 0. The summed E-state index contributed by atoms with van der Waals surface area (Å²) in [6, 6.07) is 0. The predicted molar refractivity (Wildman–Crippen MR) is 99.5 cm³/mol. The summed E-state index contributed by atoms with van der Waals surface area (Å²) in [5.74, 6) is 7.83. The summed E-state index contributed by atoms with van der Waals surface area (Å²) in [5, 5.41) is 0. The van der Waals surface area contributed by atoms with E-state index in [9.17, 15) is 0 Å². The molecule has 0 aromatic carbocycles. The fourth-order valence-corrected chi connectivity index (χ4v) is 2.58. The lowest BCUT2D eigenvalue weighted by atomic mass is 9.74. The molecule has 0 heterocycles. The Morgan fingerprint density at radius 1 is 1.36 bits per heavy atom. The number of hydrogen-bond donors (Lipinski definition) is 0.